The van der Waals surface area contributed by atoms with E-state index in [1.54, 1.807) is 6.20 Å². The summed E-state index contributed by atoms with van der Waals surface area (Å²) >= 11 is 9.50. The average Bonchev–Trinajstić information content (AvgIpc) is 2.55. The molecule has 3 heterocycles. The Morgan fingerprint density at radius 2 is 2.14 bits per heavy atom. The van der Waals surface area contributed by atoms with Gasteiger partial charge in [0.25, 0.3) is 0 Å². The van der Waals surface area contributed by atoms with Crippen LogP contribution in [0.1, 0.15) is 32.1 Å². The van der Waals surface area contributed by atoms with E-state index in [4.69, 9.17) is 21.1 Å². The highest BCUT2D eigenvalue weighted by atomic mass is 79.9. The monoisotopic (exact) mass is 388 g/mol. The predicted octanol–water partition coefficient (Wildman–Crippen LogP) is 4.05. The molecule has 2 aliphatic rings. The molecule has 1 unspecified atom stereocenters. The largest absolute Gasteiger partial charge is 0.376 e. The molecular weight excluding hydrogens is 368 g/mol. The van der Waals surface area contributed by atoms with Gasteiger partial charge in [0.05, 0.1) is 28.3 Å². The third kappa shape index (κ3) is 4.34. The fraction of sp³-hybridized carbons (Fsp3) is 0.688. The average molecular weight is 390 g/mol. The molecule has 0 radical (unpaired) electrons. The highest BCUT2D eigenvalue weighted by Gasteiger charge is 2.23. The van der Waals surface area contributed by atoms with Crippen LogP contribution in [0.5, 0.6) is 0 Å². The molecule has 22 heavy (non-hydrogen) atoms. The normalized spacial score (nSPS) is 23.7. The van der Waals surface area contributed by atoms with Crippen LogP contribution in [0, 0.1) is 0 Å². The molecular formula is C16H22BrClN2O2. The van der Waals surface area contributed by atoms with Gasteiger partial charge in [-0.05, 0) is 54.1 Å². The minimum atomic E-state index is 0.304. The van der Waals surface area contributed by atoms with E-state index in [0.29, 0.717) is 17.2 Å². The van der Waals surface area contributed by atoms with Gasteiger partial charge in [0.2, 0.25) is 0 Å². The van der Waals surface area contributed by atoms with Crippen molar-refractivity contribution in [2.75, 3.05) is 31.2 Å². The second-order valence-electron chi connectivity index (χ2n) is 5.97. The van der Waals surface area contributed by atoms with Crippen molar-refractivity contribution in [1.82, 2.24) is 4.98 Å². The maximum atomic E-state index is 6.05. The molecule has 0 N–H and O–H groups in total. The molecule has 0 bridgehead atoms. The first-order valence-corrected chi connectivity index (χ1v) is 9.18. The predicted molar refractivity (Wildman–Crippen MR) is 91.7 cm³/mol. The second kappa shape index (κ2) is 7.95. The van der Waals surface area contributed by atoms with E-state index < -0.39 is 0 Å². The third-order valence-electron chi connectivity index (χ3n) is 4.32. The Morgan fingerprint density at radius 1 is 1.32 bits per heavy atom. The topological polar surface area (TPSA) is 34.6 Å². The number of hydrogen-bond donors (Lipinski definition) is 0. The summed E-state index contributed by atoms with van der Waals surface area (Å²) in [6.45, 7) is 3.56. The number of ether oxygens (including phenoxy) is 2. The molecule has 3 rings (SSSR count). The van der Waals surface area contributed by atoms with Crippen LogP contribution in [0.15, 0.2) is 16.7 Å². The van der Waals surface area contributed by atoms with Gasteiger partial charge in [0, 0.05) is 25.9 Å². The Labute approximate surface area is 145 Å². The van der Waals surface area contributed by atoms with Crippen LogP contribution in [0.4, 0.5) is 5.82 Å². The first-order valence-electron chi connectivity index (χ1n) is 8.01. The number of halogens is 2. The van der Waals surface area contributed by atoms with Gasteiger partial charge in [-0.25, -0.2) is 4.98 Å². The summed E-state index contributed by atoms with van der Waals surface area (Å²) in [5, 5.41) is 0.654. The summed E-state index contributed by atoms with van der Waals surface area (Å²) in [7, 11) is 0. The van der Waals surface area contributed by atoms with Gasteiger partial charge in [0.15, 0.2) is 0 Å². The standard InChI is InChI=1S/C16H22BrClN2O2/c17-15-9-12(18)10-19-16(15)20-6-4-13(5-7-20)22-11-14-3-1-2-8-21-14/h9-10,13-14H,1-8,11H2. The number of anilines is 1. The lowest BCUT2D eigenvalue weighted by atomic mass is 10.1. The van der Waals surface area contributed by atoms with Gasteiger partial charge in [-0.3, -0.25) is 0 Å². The fourth-order valence-corrected chi connectivity index (χ4v) is 3.95. The lowest BCUT2D eigenvalue weighted by Crippen LogP contribution is -2.39. The molecule has 2 fully saturated rings. The summed E-state index contributed by atoms with van der Waals surface area (Å²) in [5.41, 5.74) is 0. The van der Waals surface area contributed by atoms with Crippen molar-refractivity contribution in [1.29, 1.82) is 0 Å². The van der Waals surface area contributed by atoms with Gasteiger partial charge in [-0.2, -0.15) is 0 Å². The summed E-state index contributed by atoms with van der Waals surface area (Å²) in [6, 6.07) is 1.90. The van der Waals surface area contributed by atoms with Crippen LogP contribution < -0.4 is 4.90 Å². The zero-order valence-electron chi connectivity index (χ0n) is 12.6. The summed E-state index contributed by atoms with van der Waals surface area (Å²) in [6.07, 6.45) is 8.00. The number of rotatable bonds is 4. The number of nitrogens with zero attached hydrogens (tertiary/aromatic N) is 2. The molecule has 6 heteroatoms. The molecule has 0 amide bonds. The van der Waals surface area contributed by atoms with Crippen LogP contribution in [0.25, 0.3) is 0 Å². The van der Waals surface area contributed by atoms with Crippen LogP contribution >= 0.6 is 27.5 Å². The van der Waals surface area contributed by atoms with Gasteiger partial charge < -0.3 is 14.4 Å². The van der Waals surface area contributed by atoms with Gasteiger partial charge in [-0.1, -0.05) is 11.6 Å². The Balaban J connectivity index is 1.45. The zero-order valence-corrected chi connectivity index (χ0v) is 15.0. The molecule has 1 aromatic rings. The first kappa shape index (κ1) is 16.5. The van der Waals surface area contributed by atoms with Crippen molar-refractivity contribution >= 4 is 33.3 Å². The molecule has 122 valence electrons. The Hall–Kier alpha value is -0.360. The Morgan fingerprint density at radius 3 is 2.82 bits per heavy atom. The lowest BCUT2D eigenvalue weighted by molar-refractivity contribution is -0.0672. The van der Waals surface area contributed by atoms with Crippen LogP contribution in [-0.4, -0.2) is 43.5 Å². The number of hydrogen-bond acceptors (Lipinski definition) is 4. The molecule has 0 spiro atoms. The maximum Gasteiger partial charge on any atom is 0.142 e. The Bertz CT molecular complexity index is 489. The van der Waals surface area contributed by atoms with E-state index in [0.717, 1.165) is 55.9 Å². The number of aromatic nitrogens is 1. The number of piperidine rings is 1. The quantitative estimate of drug-likeness (QED) is 0.778. The van der Waals surface area contributed by atoms with Crippen molar-refractivity contribution in [2.45, 2.75) is 44.3 Å². The van der Waals surface area contributed by atoms with E-state index in [9.17, 15) is 0 Å². The van der Waals surface area contributed by atoms with Crippen molar-refractivity contribution in [3.63, 3.8) is 0 Å². The maximum absolute atomic E-state index is 6.05. The minimum Gasteiger partial charge on any atom is -0.376 e. The summed E-state index contributed by atoms with van der Waals surface area (Å²) < 4.78 is 12.7. The highest BCUT2D eigenvalue weighted by Crippen LogP contribution is 2.29. The summed E-state index contributed by atoms with van der Waals surface area (Å²) in [4.78, 5) is 6.72. The lowest BCUT2D eigenvalue weighted by Gasteiger charge is -2.34. The summed E-state index contributed by atoms with van der Waals surface area (Å²) in [5.74, 6) is 0.971. The first-order chi connectivity index (χ1) is 10.7. The van der Waals surface area contributed by atoms with Gasteiger partial charge in [-0.15, -0.1) is 0 Å². The third-order valence-corrected chi connectivity index (χ3v) is 5.11. The van der Waals surface area contributed by atoms with Crippen LogP contribution in [0.2, 0.25) is 5.02 Å². The second-order valence-corrected chi connectivity index (χ2v) is 7.26. The van der Waals surface area contributed by atoms with E-state index >= 15 is 0 Å². The van der Waals surface area contributed by atoms with Crippen molar-refractivity contribution in [2.24, 2.45) is 0 Å². The molecule has 4 nitrogen and oxygen atoms in total. The van der Waals surface area contributed by atoms with Crippen molar-refractivity contribution in [3.05, 3.63) is 21.8 Å². The molecule has 1 aromatic heterocycles. The van der Waals surface area contributed by atoms with Crippen molar-refractivity contribution < 1.29 is 9.47 Å². The SMILES string of the molecule is Clc1cnc(N2CCC(OCC3CCCCO3)CC2)c(Br)c1. The molecule has 2 saturated heterocycles. The highest BCUT2D eigenvalue weighted by molar-refractivity contribution is 9.10. The van der Waals surface area contributed by atoms with Gasteiger partial charge in [0.1, 0.15) is 5.82 Å². The van der Waals surface area contributed by atoms with E-state index in [-0.39, 0.29) is 0 Å². The smallest absolute Gasteiger partial charge is 0.142 e. The van der Waals surface area contributed by atoms with Gasteiger partial charge >= 0.3 is 0 Å². The molecule has 0 aromatic carbocycles. The van der Waals surface area contributed by atoms with E-state index in [1.807, 2.05) is 6.07 Å². The zero-order chi connectivity index (χ0) is 15.4. The molecule has 0 aliphatic carbocycles. The molecule has 1 atom stereocenters. The van der Waals surface area contributed by atoms with E-state index in [2.05, 4.69) is 25.8 Å². The minimum absolute atomic E-state index is 0.304. The molecule has 2 aliphatic heterocycles. The number of pyridine rings is 1. The molecule has 0 saturated carbocycles. The van der Waals surface area contributed by atoms with Crippen molar-refractivity contribution in [3.8, 4) is 0 Å². The fourth-order valence-electron chi connectivity index (χ4n) is 3.06. The Kier molecular flexibility index (Phi) is 5.96. The van der Waals surface area contributed by atoms with Crippen LogP contribution in [-0.2, 0) is 9.47 Å². The van der Waals surface area contributed by atoms with Crippen LogP contribution in [0.3, 0.4) is 0 Å². The van der Waals surface area contributed by atoms with E-state index in [1.165, 1.54) is 12.8 Å².